The van der Waals surface area contributed by atoms with Crippen LogP contribution in [0.15, 0.2) is 24.8 Å². The molecule has 4 aliphatic rings. The summed E-state index contributed by atoms with van der Waals surface area (Å²) in [6, 6.07) is 0. The van der Waals surface area contributed by atoms with Crippen LogP contribution in [0.2, 0.25) is 0 Å². The lowest BCUT2D eigenvalue weighted by atomic mass is 9.49. The zero-order chi connectivity index (χ0) is 15.2. The Morgan fingerprint density at radius 3 is 2.82 bits per heavy atom. The Morgan fingerprint density at radius 2 is 1.95 bits per heavy atom. The molecule has 0 unspecified atom stereocenters. The third-order valence-electron chi connectivity index (χ3n) is 7.88. The summed E-state index contributed by atoms with van der Waals surface area (Å²) in [5.74, 6) is 4.61. The SMILES string of the molecule is C=CC[C@@H](O)[C@@]12C=CC[C@H]1[C@@H]1CC[C@@H]3CCCC[C@@H]3[C@H]1CC2. The molecule has 7 atom stereocenters. The molecule has 0 radical (unpaired) electrons. The van der Waals surface area contributed by atoms with Crippen molar-refractivity contribution in [3.8, 4) is 0 Å². The number of aliphatic hydroxyl groups excluding tert-OH is 1. The third kappa shape index (κ3) is 2.15. The van der Waals surface area contributed by atoms with E-state index in [2.05, 4.69) is 18.7 Å². The Balaban J connectivity index is 1.58. The Morgan fingerprint density at radius 1 is 1.09 bits per heavy atom. The first kappa shape index (κ1) is 15.0. The first-order chi connectivity index (χ1) is 10.8. The standard InChI is InChI=1S/C21H32O/c1-2-6-20(22)21-13-5-9-19(21)18-11-10-15-7-3-4-8-16(15)17(18)12-14-21/h2,5,13,15-20,22H,1,3-4,6-12,14H2/t15-,16-,17+,18+,19-,20+,21+/m0/s1. The van der Waals surface area contributed by atoms with Gasteiger partial charge in [-0.25, -0.2) is 0 Å². The minimum absolute atomic E-state index is 0.0802. The lowest BCUT2D eigenvalue weighted by molar-refractivity contribution is -0.0893. The van der Waals surface area contributed by atoms with Gasteiger partial charge < -0.3 is 5.11 Å². The van der Waals surface area contributed by atoms with E-state index in [-0.39, 0.29) is 11.5 Å². The van der Waals surface area contributed by atoms with Gasteiger partial charge in [-0.05, 0) is 74.5 Å². The Kier molecular flexibility index (Phi) is 3.97. The number of aliphatic hydroxyl groups is 1. The Bertz CT molecular complexity index is 453. The Hall–Kier alpha value is -0.560. The number of hydrogen-bond acceptors (Lipinski definition) is 1. The van der Waals surface area contributed by atoms with Crippen LogP contribution in [-0.4, -0.2) is 11.2 Å². The molecular weight excluding hydrogens is 268 g/mol. The molecule has 0 aromatic heterocycles. The largest absolute Gasteiger partial charge is 0.392 e. The number of allylic oxidation sites excluding steroid dienone is 1. The van der Waals surface area contributed by atoms with Gasteiger partial charge >= 0.3 is 0 Å². The third-order valence-corrected chi connectivity index (χ3v) is 7.88. The summed E-state index contributed by atoms with van der Waals surface area (Å²) in [7, 11) is 0. The fourth-order valence-corrected chi connectivity index (χ4v) is 6.96. The summed E-state index contributed by atoms with van der Waals surface area (Å²) in [6.45, 7) is 3.86. The molecule has 0 aromatic carbocycles. The van der Waals surface area contributed by atoms with E-state index in [1.165, 1.54) is 57.8 Å². The van der Waals surface area contributed by atoms with Crippen LogP contribution in [0.5, 0.6) is 0 Å². The van der Waals surface area contributed by atoms with Crippen molar-refractivity contribution in [3.05, 3.63) is 24.8 Å². The molecular formula is C21H32O. The van der Waals surface area contributed by atoms with Gasteiger partial charge in [0.15, 0.2) is 0 Å². The van der Waals surface area contributed by atoms with E-state index in [0.29, 0.717) is 5.92 Å². The summed E-state index contributed by atoms with van der Waals surface area (Å²) < 4.78 is 0. The summed E-state index contributed by atoms with van der Waals surface area (Å²) in [6.07, 6.45) is 19.9. The summed E-state index contributed by atoms with van der Waals surface area (Å²) in [5, 5.41) is 10.8. The number of fused-ring (bicyclic) bond motifs is 5. The molecule has 0 spiro atoms. The quantitative estimate of drug-likeness (QED) is 0.718. The molecule has 0 amide bonds. The molecule has 1 heteroatoms. The normalized spacial score (nSPS) is 48.1. The Labute approximate surface area is 135 Å². The molecule has 3 saturated carbocycles. The van der Waals surface area contributed by atoms with Gasteiger partial charge in [-0.1, -0.05) is 37.5 Å². The van der Waals surface area contributed by atoms with Crippen molar-refractivity contribution in [1.29, 1.82) is 0 Å². The topological polar surface area (TPSA) is 20.2 Å². The molecule has 0 aromatic rings. The molecule has 4 rings (SSSR count). The van der Waals surface area contributed by atoms with Crippen LogP contribution < -0.4 is 0 Å². The summed E-state index contributed by atoms with van der Waals surface area (Å²) in [5.41, 5.74) is 0.0802. The van der Waals surface area contributed by atoms with E-state index in [0.717, 1.165) is 30.1 Å². The average molecular weight is 300 g/mol. The van der Waals surface area contributed by atoms with Crippen LogP contribution >= 0.6 is 0 Å². The highest BCUT2D eigenvalue weighted by Gasteiger charge is 2.55. The molecule has 0 aliphatic heterocycles. The highest BCUT2D eigenvalue weighted by Crippen LogP contribution is 2.62. The molecule has 4 aliphatic carbocycles. The molecule has 22 heavy (non-hydrogen) atoms. The van der Waals surface area contributed by atoms with Crippen molar-refractivity contribution in [2.75, 3.05) is 0 Å². The minimum atomic E-state index is -0.209. The van der Waals surface area contributed by atoms with Crippen molar-refractivity contribution in [2.45, 2.75) is 70.3 Å². The lowest BCUT2D eigenvalue weighted by Gasteiger charge is -2.56. The smallest absolute Gasteiger partial charge is 0.0667 e. The van der Waals surface area contributed by atoms with Gasteiger partial charge in [0.25, 0.3) is 0 Å². The molecule has 0 heterocycles. The highest BCUT2D eigenvalue weighted by atomic mass is 16.3. The fraction of sp³-hybridized carbons (Fsp3) is 0.810. The van der Waals surface area contributed by atoms with E-state index in [9.17, 15) is 5.11 Å². The van der Waals surface area contributed by atoms with Crippen LogP contribution in [0.25, 0.3) is 0 Å². The molecule has 1 nitrogen and oxygen atoms in total. The van der Waals surface area contributed by atoms with Gasteiger partial charge in [-0.15, -0.1) is 6.58 Å². The molecule has 0 saturated heterocycles. The van der Waals surface area contributed by atoms with Crippen molar-refractivity contribution in [3.63, 3.8) is 0 Å². The van der Waals surface area contributed by atoms with E-state index in [1.807, 2.05) is 6.08 Å². The number of hydrogen-bond donors (Lipinski definition) is 1. The summed E-state index contributed by atoms with van der Waals surface area (Å²) >= 11 is 0. The average Bonchev–Trinajstić information content (AvgIpc) is 3.00. The van der Waals surface area contributed by atoms with Crippen LogP contribution in [0.1, 0.15) is 64.2 Å². The van der Waals surface area contributed by atoms with E-state index < -0.39 is 0 Å². The second kappa shape index (κ2) is 5.82. The lowest BCUT2D eigenvalue weighted by Crippen LogP contribution is -2.51. The number of rotatable bonds is 3. The van der Waals surface area contributed by atoms with Gasteiger partial charge in [-0.2, -0.15) is 0 Å². The van der Waals surface area contributed by atoms with Gasteiger partial charge in [0.2, 0.25) is 0 Å². The van der Waals surface area contributed by atoms with Crippen LogP contribution in [0, 0.1) is 35.0 Å². The minimum Gasteiger partial charge on any atom is -0.392 e. The van der Waals surface area contributed by atoms with Gasteiger partial charge in [0.1, 0.15) is 0 Å². The van der Waals surface area contributed by atoms with Gasteiger partial charge in [0, 0.05) is 5.41 Å². The van der Waals surface area contributed by atoms with Crippen molar-refractivity contribution < 1.29 is 5.11 Å². The van der Waals surface area contributed by atoms with Crippen LogP contribution in [0.4, 0.5) is 0 Å². The maximum Gasteiger partial charge on any atom is 0.0667 e. The first-order valence-corrected chi connectivity index (χ1v) is 9.73. The summed E-state index contributed by atoms with van der Waals surface area (Å²) in [4.78, 5) is 0. The second-order valence-corrected chi connectivity index (χ2v) is 8.55. The molecule has 0 bridgehead atoms. The van der Waals surface area contributed by atoms with Crippen molar-refractivity contribution in [1.82, 2.24) is 0 Å². The zero-order valence-corrected chi connectivity index (χ0v) is 13.9. The predicted octanol–water partition coefficient (Wildman–Crippen LogP) is 5.11. The molecule has 3 fully saturated rings. The predicted molar refractivity (Wildman–Crippen MR) is 91.4 cm³/mol. The maximum atomic E-state index is 10.8. The molecule has 122 valence electrons. The molecule has 1 N–H and O–H groups in total. The van der Waals surface area contributed by atoms with Gasteiger partial charge in [-0.3, -0.25) is 0 Å². The van der Waals surface area contributed by atoms with Gasteiger partial charge in [0.05, 0.1) is 6.10 Å². The van der Waals surface area contributed by atoms with Crippen LogP contribution in [-0.2, 0) is 0 Å². The van der Waals surface area contributed by atoms with E-state index in [1.54, 1.807) is 0 Å². The first-order valence-electron chi connectivity index (χ1n) is 9.73. The van der Waals surface area contributed by atoms with E-state index >= 15 is 0 Å². The van der Waals surface area contributed by atoms with Crippen LogP contribution in [0.3, 0.4) is 0 Å². The fourth-order valence-electron chi connectivity index (χ4n) is 6.96. The second-order valence-electron chi connectivity index (χ2n) is 8.55. The van der Waals surface area contributed by atoms with Crippen molar-refractivity contribution in [2.24, 2.45) is 35.0 Å². The zero-order valence-electron chi connectivity index (χ0n) is 13.9. The van der Waals surface area contributed by atoms with Crippen molar-refractivity contribution >= 4 is 0 Å². The van der Waals surface area contributed by atoms with E-state index in [4.69, 9.17) is 0 Å². The highest BCUT2D eigenvalue weighted by molar-refractivity contribution is 5.19. The maximum absolute atomic E-state index is 10.8. The monoisotopic (exact) mass is 300 g/mol.